The van der Waals surface area contributed by atoms with Gasteiger partial charge in [-0.2, -0.15) is 9.38 Å². The predicted molar refractivity (Wildman–Crippen MR) is 90.9 cm³/mol. The first kappa shape index (κ1) is 16.8. The van der Waals surface area contributed by atoms with Gasteiger partial charge in [-0.05, 0) is 42.7 Å². The summed E-state index contributed by atoms with van der Waals surface area (Å²) < 4.78 is 26.0. The number of aliphatic imine (C=N–C) groups is 1. The molecule has 0 radical (unpaired) electrons. The van der Waals surface area contributed by atoms with Crippen molar-refractivity contribution >= 4 is 17.4 Å². The van der Waals surface area contributed by atoms with Crippen molar-refractivity contribution in [2.75, 3.05) is 5.32 Å². The summed E-state index contributed by atoms with van der Waals surface area (Å²) in [4.78, 5) is 19.8. The van der Waals surface area contributed by atoms with Crippen LogP contribution in [-0.4, -0.2) is 16.7 Å². The fourth-order valence-electron chi connectivity index (χ4n) is 2.50. The maximum atomic E-state index is 13.0. The zero-order valence-electron chi connectivity index (χ0n) is 13.2. The number of nitrogens with two attached hydrogens (primary N) is 1. The predicted octanol–water partition coefficient (Wildman–Crippen LogP) is 2.90. The van der Waals surface area contributed by atoms with Crippen LogP contribution in [0, 0.1) is 11.8 Å². The molecule has 3 N–H and O–H groups in total. The van der Waals surface area contributed by atoms with Gasteiger partial charge in [0.25, 0.3) is 5.91 Å². The Morgan fingerprint density at radius 2 is 1.96 bits per heavy atom. The number of hydrogen-bond acceptors (Lipinski definition) is 3. The molecule has 1 aliphatic carbocycles. The molecule has 25 heavy (non-hydrogen) atoms. The molecule has 7 heteroatoms. The van der Waals surface area contributed by atoms with Crippen LogP contribution < -0.4 is 11.1 Å². The lowest BCUT2D eigenvalue weighted by Gasteiger charge is -2.11. The molecule has 5 nitrogen and oxygen atoms in total. The lowest BCUT2D eigenvalue weighted by molar-refractivity contribution is -0.120. The second-order valence-electron chi connectivity index (χ2n) is 5.78. The van der Waals surface area contributed by atoms with Crippen molar-refractivity contribution in [3.63, 3.8) is 0 Å². The van der Waals surface area contributed by atoms with Crippen LogP contribution in [0.15, 0.2) is 59.9 Å². The lowest BCUT2D eigenvalue weighted by atomic mass is 9.95. The Hall–Kier alpha value is -3.09. The number of anilines is 1. The van der Waals surface area contributed by atoms with Crippen molar-refractivity contribution in [1.82, 2.24) is 4.98 Å². The molecule has 0 atom stereocenters. The van der Waals surface area contributed by atoms with E-state index in [0.29, 0.717) is 18.5 Å². The standard InChI is InChI=1S/C18H16F2N4O/c19-13-3-1-12(2-4-13)18(7-8-18)17(25)24-16(21)6-10-22-14-5-9-23-15(20)11-14/h1-6,9-11H,7-8H2,(H,22,23)(H2,21,24,25)/b10-6-. The summed E-state index contributed by atoms with van der Waals surface area (Å²) in [5.74, 6) is -1.28. The Bertz CT molecular complexity index is 842. The zero-order chi connectivity index (χ0) is 17.9. The maximum absolute atomic E-state index is 13.0. The second kappa shape index (κ2) is 6.80. The van der Waals surface area contributed by atoms with E-state index in [1.807, 2.05) is 0 Å². The van der Waals surface area contributed by atoms with Crippen molar-refractivity contribution in [2.24, 2.45) is 10.7 Å². The first-order chi connectivity index (χ1) is 12.0. The highest BCUT2D eigenvalue weighted by Gasteiger charge is 2.51. The van der Waals surface area contributed by atoms with E-state index in [9.17, 15) is 13.6 Å². The van der Waals surface area contributed by atoms with Crippen molar-refractivity contribution in [1.29, 1.82) is 0 Å². The highest BCUT2D eigenvalue weighted by atomic mass is 19.1. The zero-order valence-corrected chi connectivity index (χ0v) is 13.2. The molecule has 0 saturated heterocycles. The minimum Gasteiger partial charge on any atom is -0.384 e. The van der Waals surface area contributed by atoms with Crippen molar-refractivity contribution < 1.29 is 13.6 Å². The molecule has 1 amide bonds. The number of aromatic nitrogens is 1. The first-order valence-electron chi connectivity index (χ1n) is 7.69. The van der Waals surface area contributed by atoms with Gasteiger partial charge in [-0.1, -0.05) is 12.1 Å². The van der Waals surface area contributed by atoms with E-state index in [1.54, 1.807) is 18.2 Å². The fraction of sp³-hybridized carbons (Fsp3) is 0.167. The van der Waals surface area contributed by atoms with E-state index in [4.69, 9.17) is 5.73 Å². The van der Waals surface area contributed by atoms with Crippen LogP contribution in [0.25, 0.3) is 0 Å². The third-order valence-electron chi connectivity index (χ3n) is 4.02. The fourth-order valence-corrected chi connectivity index (χ4v) is 2.50. The quantitative estimate of drug-likeness (QED) is 0.497. The van der Waals surface area contributed by atoms with E-state index < -0.39 is 11.4 Å². The summed E-state index contributed by atoms with van der Waals surface area (Å²) in [6, 6.07) is 8.65. The summed E-state index contributed by atoms with van der Waals surface area (Å²) in [5.41, 5.74) is 6.28. The van der Waals surface area contributed by atoms with E-state index in [2.05, 4.69) is 15.3 Å². The van der Waals surface area contributed by atoms with Crippen LogP contribution in [0.3, 0.4) is 0 Å². The smallest absolute Gasteiger partial charge is 0.258 e. The Morgan fingerprint density at radius 1 is 1.24 bits per heavy atom. The molecule has 1 aliphatic rings. The maximum Gasteiger partial charge on any atom is 0.258 e. The molecule has 0 spiro atoms. The van der Waals surface area contributed by atoms with Crippen LogP contribution >= 0.6 is 0 Å². The van der Waals surface area contributed by atoms with Gasteiger partial charge in [0, 0.05) is 24.2 Å². The van der Waals surface area contributed by atoms with Gasteiger partial charge in [-0.3, -0.25) is 4.79 Å². The number of hydrogen-bond donors (Lipinski definition) is 2. The number of rotatable bonds is 5. The number of amides is 1. The first-order valence-corrected chi connectivity index (χ1v) is 7.69. The van der Waals surface area contributed by atoms with E-state index >= 15 is 0 Å². The summed E-state index contributed by atoms with van der Waals surface area (Å²) >= 11 is 0. The topological polar surface area (TPSA) is 80.4 Å². The molecular formula is C18H16F2N4O. The van der Waals surface area contributed by atoms with Gasteiger partial charge in [0.2, 0.25) is 5.95 Å². The van der Waals surface area contributed by atoms with Gasteiger partial charge in [-0.25, -0.2) is 9.37 Å². The average molecular weight is 342 g/mol. The molecule has 1 aromatic heterocycles. The third-order valence-corrected chi connectivity index (χ3v) is 4.02. The Labute approximate surface area is 143 Å². The van der Waals surface area contributed by atoms with Gasteiger partial charge in [-0.15, -0.1) is 0 Å². The summed E-state index contributed by atoms with van der Waals surface area (Å²) in [7, 11) is 0. The Kier molecular flexibility index (Phi) is 4.56. The van der Waals surface area contributed by atoms with E-state index in [1.165, 1.54) is 36.7 Å². The van der Waals surface area contributed by atoms with Crippen LogP contribution in [0.5, 0.6) is 0 Å². The van der Waals surface area contributed by atoms with Crippen molar-refractivity contribution in [2.45, 2.75) is 18.3 Å². The number of pyridine rings is 1. The summed E-state index contributed by atoms with van der Waals surface area (Å²) in [6.07, 6.45) is 5.51. The summed E-state index contributed by atoms with van der Waals surface area (Å²) in [5, 5.41) is 2.81. The van der Waals surface area contributed by atoms with Gasteiger partial charge in [0.15, 0.2) is 0 Å². The minimum atomic E-state index is -0.701. The van der Waals surface area contributed by atoms with Gasteiger partial charge in [0.1, 0.15) is 11.7 Å². The monoisotopic (exact) mass is 342 g/mol. The van der Waals surface area contributed by atoms with Crippen molar-refractivity contribution in [3.05, 3.63) is 72.2 Å². The second-order valence-corrected chi connectivity index (χ2v) is 5.78. The molecule has 0 aliphatic heterocycles. The van der Waals surface area contributed by atoms with Crippen LogP contribution in [0.2, 0.25) is 0 Å². The number of benzene rings is 1. The molecular weight excluding hydrogens is 326 g/mol. The SMILES string of the molecule is NC(/C=C\Nc1ccnc(F)c1)=NC(=O)C1(c2ccc(F)cc2)CC1. The molecule has 2 aromatic rings. The normalized spacial score (nSPS) is 16.0. The van der Waals surface area contributed by atoms with Crippen LogP contribution in [-0.2, 0) is 10.2 Å². The molecule has 1 saturated carbocycles. The molecule has 0 bridgehead atoms. The number of nitrogens with zero attached hydrogens (tertiary/aromatic N) is 2. The molecule has 128 valence electrons. The lowest BCUT2D eigenvalue weighted by Crippen LogP contribution is -2.22. The highest BCUT2D eigenvalue weighted by molar-refractivity contribution is 6.04. The highest BCUT2D eigenvalue weighted by Crippen LogP contribution is 2.49. The molecule has 3 rings (SSSR count). The van der Waals surface area contributed by atoms with E-state index in [-0.39, 0.29) is 17.6 Å². The Balaban J connectivity index is 1.66. The Morgan fingerprint density at radius 3 is 2.60 bits per heavy atom. The number of halogens is 2. The third kappa shape index (κ3) is 3.88. The van der Waals surface area contributed by atoms with Gasteiger partial charge >= 0.3 is 0 Å². The molecule has 0 unspecified atom stereocenters. The summed E-state index contributed by atoms with van der Waals surface area (Å²) in [6.45, 7) is 0. The number of carbonyl (C=O) groups excluding carboxylic acids is 1. The van der Waals surface area contributed by atoms with Crippen LogP contribution in [0.1, 0.15) is 18.4 Å². The van der Waals surface area contributed by atoms with Crippen LogP contribution in [0.4, 0.5) is 14.5 Å². The molecule has 1 aromatic carbocycles. The van der Waals surface area contributed by atoms with Gasteiger partial charge in [0.05, 0.1) is 5.41 Å². The number of carbonyl (C=O) groups is 1. The molecule has 1 fully saturated rings. The molecule has 1 heterocycles. The van der Waals surface area contributed by atoms with Crippen molar-refractivity contribution in [3.8, 4) is 0 Å². The average Bonchev–Trinajstić information content (AvgIpc) is 3.37. The number of amidine groups is 1. The van der Waals surface area contributed by atoms with E-state index in [0.717, 1.165) is 5.56 Å². The largest absolute Gasteiger partial charge is 0.384 e. The number of nitrogens with one attached hydrogen (secondary N) is 1. The van der Waals surface area contributed by atoms with Gasteiger partial charge < -0.3 is 11.1 Å². The minimum absolute atomic E-state index is 0.0282.